The smallest absolute Gasteiger partial charge is 0.254 e. The predicted molar refractivity (Wildman–Crippen MR) is 146 cm³/mol. The fourth-order valence-electron chi connectivity index (χ4n) is 4.68. The number of piperazine rings is 1. The van der Waals surface area contributed by atoms with E-state index < -0.39 is 0 Å². The SMILES string of the molecule is Cc1ccccc1C(=O)N1CCN(c2nc(-c3ccc(Cl)cc3)nc(C)c2Cc2ccccc2)CC1. The molecule has 0 radical (unpaired) electrons. The van der Waals surface area contributed by atoms with Crippen LogP contribution < -0.4 is 4.90 Å². The van der Waals surface area contributed by atoms with Gasteiger partial charge in [-0.25, -0.2) is 9.97 Å². The van der Waals surface area contributed by atoms with Crippen molar-refractivity contribution in [3.63, 3.8) is 0 Å². The van der Waals surface area contributed by atoms with Crippen LogP contribution >= 0.6 is 11.6 Å². The molecule has 1 amide bonds. The van der Waals surface area contributed by atoms with Crippen LogP contribution in [-0.2, 0) is 6.42 Å². The second-order valence-electron chi connectivity index (χ2n) is 9.20. The number of hydrogen-bond acceptors (Lipinski definition) is 4. The fourth-order valence-corrected chi connectivity index (χ4v) is 4.81. The summed E-state index contributed by atoms with van der Waals surface area (Å²) >= 11 is 6.11. The number of amides is 1. The molecule has 5 nitrogen and oxygen atoms in total. The van der Waals surface area contributed by atoms with Crippen LogP contribution in [0, 0.1) is 13.8 Å². The number of aryl methyl sites for hydroxylation is 2. The second-order valence-corrected chi connectivity index (χ2v) is 9.63. The maximum atomic E-state index is 13.2. The van der Waals surface area contributed by atoms with Gasteiger partial charge in [0.2, 0.25) is 0 Å². The van der Waals surface area contributed by atoms with Gasteiger partial charge in [-0.1, -0.05) is 60.1 Å². The Balaban J connectivity index is 1.45. The van der Waals surface area contributed by atoms with Gasteiger partial charge in [-0.05, 0) is 55.3 Å². The van der Waals surface area contributed by atoms with Crippen molar-refractivity contribution in [1.29, 1.82) is 0 Å². The topological polar surface area (TPSA) is 49.3 Å². The quantitative estimate of drug-likeness (QED) is 0.341. The van der Waals surface area contributed by atoms with E-state index in [0.717, 1.165) is 53.3 Å². The van der Waals surface area contributed by atoms with E-state index in [1.807, 2.05) is 66.4 Å². The van der Waals surface area contributed by atoms with Crippen molar-refractivity contribution in [3.05, 3.63) is 112 Å². The molecule has 0 N–H and O–H groups in total. The molecule has 1 aromatic heterocycles. The summed E-state index contributed by atoms with van der Waals surface area (Å²) < 4.78 is 0. The summed E-state index contributed by atoms with van der Waals surface area (Å²) in [5, 5.41) is 0.686. The normalized spacial score (nSPS) is 13.6. The molecule has 3 aromatic carbocycles. The number of benzene rings is 3. The van der Waals surface area contributed by atoms with E-state index in [0.29, 0.717) is 23.9 Å². The highest BCUT2D eigenvalue weighted by atomic mass is 35.5. The predicted octanol–water partition coefficient (Wildman–Crippen LogP) is 5.97. The van der Waals surface area contributed by atoms with Crippen LogP contribution in [0.5, 0.6) is 0 Å². The average Bonchev–Trinajstić information content (AvgIpc) is 2.91. The van der Waals surface area contributed by atoms with Gasteiger partial charge in [-0.15, -0.1) is 0 Å². The monoisotopic (exact) mass is 496 g/mol. The molecule has 0 aliphatic carbocycles. The van der Waals surface area contributed by atoms with Crippen LogP contribution in [0.3, 0.4) is 0 Å². The van der Waals surface area contributed by atoms with Gasteiger partial charge in [0.25, 0.3) is 5.91 Å². The Bertz CT molecular complexity index is 1360. The maximum absolute atomic E-state index is 13.2. The molecule has 36 heavy (non-hydrogen) atoms. The third kappa shape index (κ3) is 5.12. The van der Waals surface area contributed by atoms with Gasteiger partial charge < -0.3 is 9.80 Å². The average molecular weight is 497 g/mol. The molecule has 1 aliphatic rings. The molecule has 1 saturated heterocycles. The van der Waals surface area contributed by atoms with Crippen LogP contribution in [0.1, 0.15) is 32.7 Å². The summed E-state index contributed by atoms with van der Waals surface area (Å²) in [4.78, 5) is 27.3. The van der Waals surface area contributed by atoms with Crippen LogP contribution in [0.25, 0.3) is 11.4 Å². The molecule has 0 saturated carbocycles. The molecule has 5 rings (SSSR count). The van der Waals surface area contributed by atoms with Crippen molar-refractivity contribution in [2.75, 3.05) is 31.1 Å². The Kier molecular flexibility index (Phi) is 7.01. The molecule has 6 heteroatoms. The van der Waals surface area contributed by atoms with Crippen molar-refractivity contribution in [2.24, 2.45) is 0 Å². The number of anilines is 1. The lowest BCUT2D eigenvalue weighted by Crippen LogP contribution is -2.49. The highest BCUT2D eigenvalue weighted by Gasteiger charge is 2.26. The highest BCUT2D eigenvalue weighted by Crippen LogP contribution is 2.29. The summed E-state index contributed by atoms with van der Waals surface area (Å²) in [5.41, 5.74) is 6.03. The number of carbonyl (C=O) groups excluding carboxylic acids is 1. The molecular formula is C30H29ClN4O. The van der Waals surface area contributed by atoms with Crippen LogP contribution in [0.2, 0.25) is 5.02 Å². The molecule has 0 spiro atoms. The van der Waals surface area contributed by atoms with E-state index in [-0.39, 0.29) is 5.91 Å². The third-order valence-corrected chi connectivity index (χ3v) is 7.01. The standard InChI is InChI=1S/C30H29ClN4O/c1-21-8-6-7-11-26(21)30(36)35-18-16-34(17-19-35)29-27(20-23-9-4-3-5-10-23)22(2)32-28(33-29)24-12-14-25(31)15-13-24/h3-15H,16-20H2,1-2H3. The lowest BCUT2D eigenvalue weighted by Gasteiger charge is -2.37. The Labute approximate surface area is 217 Å². The molecule has 2 heterocycles. The van der Waals surface area contributed by atoms with Crippen molar-refractivity contribution in [2.45, 2.75) is 20.3 Å². The first-order valence-electron chi connectivity index (χ1n) is 12.3. The highest BCUT2D eigenvalue weighted by molar-refractivity contribution is 6.30. The summed E-state index contributed by atoms with van der Waals surface area (Å²) in [7, 11) is 0. The number of hydrogen-bond donors (Lipinski definition) is 0. The van der Waals surface area contributed by atoms with Crippen molar-refractivity contribution in [3.8, 4) is 11.4 Å². The van der Waals surface area contributed by atoms with Gasteiger partial charge in [0.15, 0.2) is 5.82 Å². The number of halogens is 1. The van der Waals surface area contributed by atoms with Crippen LogP contribution in [0.4, 0.5) is 5.82 Å². The Morgan fingerprint density at radius 3 is 2.19 bits per heavy atom. The van der Waals surface area contributed by atoms with E-state index in [1.165, 1.54) is 5.56 Å². The van der Waals surface area contributed by atoms with E-state index in [4.69, 9.17) is 21.6 Å². The molecule has 0 bridgehead atoms. The molecule has 182 valence electrons. The molecular weight excluding hydrogens is 468 g/mol. The second kappa shape index (κ2) is 10.5. The molecule has 1 fully saturated rings. The largest absolute Gasteiger partial charge is 0.353 e. The third-order valence-electron chi connectivity index (χ3n) is 6.76. The van der Waals surface area contributed by atoms with E-state index in [1.54, 1.807) is 0 Å². The minimum atomic E-state index is 0.0954. The summed E-state index contributed by atoms with van der Waals surface area (Å²) in [6.07, 6.45) is 0.755. The van der Waals surface area contributed by atoms with Crippen molar-refractivity contribution in [1.82, 2.24) is 14.9 Å². The summed E-state index contributed by atoms with van der Waals surface area (Å²) in [6, 6.07) is 25.8. The number of carbonyl (C=O) groups is 1. The minimum absolute atomic E-state index is 0.0954. The molecule has 0 unspecified atom stereocenters. The number of aromatic nitrogens is 2. The zero-order valence-corrected chi connectivity index (χ0v) is 21.4. The summed E-state index contributed by atoms with van der Waals surface area (Å²) in [6.45, 7) is 6.78. The molecule has 4 aromatic rings. The van der Waals surface area contributed by atoms with E-state index >= 15 is 0 Å². The lowest BCUT2D eigenvalue weighted by molar-refractivity contribution is 0.0745. The van der Waals surface area contributed by atoms with Gasteiger partial charge in [0.1, 0.15) is 5.82 Å². The lowest BCUT2D eigenvalue weighted by atomic mass is 10.0. The Morgan fingerprint density at radius 2 is 1.50 bits per heavy atom. The van der Waals surface area contributed by atoms with Crippen molar-refractivity contribution < 1.29 is 4.79 Å². The first-order valence-corrected chi connectivity index (χ1v) is 12.6. The Morgan fingerprint density at radius 1 is 0.833 bits per heavy atom. The zero-order valence-electron chi connectivity index (χ0n) is 20.6. The molecule has 1 aliphatic heterocycles. The van der Waals surface area contributed by atoms with Crippen molar-refractivity contribution >= 4 is 23.3 Å². The van der Waals surface area contributed by atoms with Gasteiger partial charge >= 0.3 is 0 Å². The molecule has 0 atom stereocenters. The first kappa shape index (κ1) is 24.0. The zero-order chi connectivity index (χ0) is 25.1. The first-order chi connectivity index (χ1) is 17.5. The fraction of sp³-hybridized carbons (Fsp3) is 0.233. The minimum Gasteiger partial charge on any atom is -0.353 e. The van der Waals surface area contributed by atoms with Gasteiger partial charge in [-0.2, -0.15) is 0 Å². The van der Waals surface area contributed by atoms with Crippen LogP contribution in [0.15, 0.2) is 78.9 Å². The summed E-state index contributed by atoms with van der Waals surface area (Å²) in [5.74, 6) is 1.73. The number of nitrogens with zero attached hydrogens (tertiary/aromatic N) is 4. The Hall–Kier alpha value is -3.70. The van der Waals surface area contributed by atoms with E-state index in [9.17, 15) is 4.79 Å². The number of rotatable bonds is 5. The van der Waals surface area contributed by atoms with Gasteiger partial charge in [0.05, 0.1) is 0 Å². The van der Waals surface area contributed by atoms with Gasteiger partial charge in [0, 0.05) is 60.0 Å². The van der Waals surface area contributed by atoms with E-state index in [2.05, 4.69) is 36.1 Å². The van der Waals surface area contributed by atoms with Gasteiger partial charge in [-0.3, -0.25) is 4.79 Å². The maximum Gasteiger partial charge on any atom is 0.254 e. The van der Waals surface area contributed by atoms with Crippen LogP contribution in [-0.4, -0.2) is 47.0 Å².